The number of H-pyrrole nitrogens is 1. The fraction of sp³-hybridized carbons (Fsp3) is 0.421. The number of nitrogens with one attached hydrogen (secondary N) is 1. The van der Waals surface area contributed by atoms with E-state index in [1.807, 2.05) is 6.07 Å². The number of nitrogens with zero attached hydrogens (tertiary/aromatic N) is 2. The molecular formula is C19H21N3O7. The van der Waals surface area contributed by atoms with Crippen LogP contribution in [0.1, 0.15) is 5.56 Å². The van der Waals surface area contributed by atoms with Gasteiger partial charge in [-0.2, -0.15) is 0 Å². The van der Waals surface area contributed by atoms with Crippen molar-refractivity contribution in [3.8, 4) is 5.75 Å². The van der Waals surface area contributed by atoms with E-state index in [4.69, 9.17) is 9.47 Å². The molecule has 10 heteroatoms. The van der Waals surface area contributed by atoms with Gasteiger partial charge in [-0.1, -0.05) is 18.2 Å². The Balaban J connectivity index is 1.61. The largest absolute Gasteiger partial charge is 0.484 e. The number of aliphatic hydroxyl groups is 2. The number of carbonyl (C=O) groups is 1. The molecule has 2 aliphatic rings. The van der Waals surface area contributed by atoms with Crippen molar-refractivity contribution in [2.75, 3.05) is 19.8 Å². The maximum Gasteiger partial charge on any atom is 0.330 e. The molecule has 3 heterocycles. The molecule has 29 heavy (non-hydrogen) atoms. The van der Waals surface area contributed by atoms with Crippen LogP contribution in [0.15, 0.2) is 46.1 Å². The van der Waals surface area contributed by atoms with Gasteiger partial charge in [0.15, 0.2) is 12.3 Å². The highest BCUT2D eigenvalue weighted by Gasteiger charge is 2.67. The Hall–Kier alpha value is -2.95. The number of aliphatic hydroxyl groups excluding tert-OH is 2. The Bertz CT molecular complexity index is 1030. The zero-order valence-corrected chi connectivity index (χ0v) is 15.6. The normalized spacial score (nSPS) is 28.0. The standard InChI is InChI=1S/C19H21N3O7/c1-11-7-22(18(27)20-17(11)26)19-10-21(16(19)15(25)13(8-23)29-19)14(24)9-28-12-5-3-2-4-6-12/h2-7,13,15-16,23,25H,8-10H2,1H3,(H,20,26,27)/t13-,15-,16-,19-/m1/s1. The van der Waals surface area contributed by atoms with E-state index in [1.165, 1.54) is 22.6 Å². The van der Waals surface area contributed by atoms with Gasteiger partial charge in [0.25, 0.3) is 11.5 Å². The van der Waals surface area contributed by atoms with Crippen LogP contribution in [0.2, 0.25) is 0 Å². The van der Waals surface area contributed by atoms with Gasteiger partial charge in [-0.15, -0.1) is 0 Å². The first-order valence-electron chi connectivity index (χ1n) is 9.14. The van der Waals surface area contributed by atoms with Crippen LogP contribution >= 0.6 is 0 Å². The number of fused-ring (bicyclic) bond motifs is 1. The Morgan fingerprint density at radius 2 is 2.07 bits per heavy atom. The maximum atomic E-state index is 12.7. The van der Waals surface area contributed by atoms with Crippen molar-refractivity contribution in [3.63, 3.8) is 0 Å². The third-order valence-electron chi connectivity index (χ3n) is 5.39. The first-order chi connectivity index (χ1) is 13.9. The molecule has 2 aliphatic heterocycles. The first-order valence-corrected chi connectivity index (χ1v) is 9.14. The number of hydrogen-bond donors (Lipinski definition) is 3. The Morgan fingerprint density at radius 3 is 2.76 bits per heavy atom. The second-order valence-corrected chi connectivity index (χ2v) is 7.18. The topological polar surface area (TPSA) is 134 Å². The maximum absolute atomic E-state index is 12.7. The van der Waals surface area contributed by atoms with E-state index in [1.54, 1.807) is 24.3 Å². The molecule has 0 unspecified atom stereocenters. The fourth-order valence-electron chi connectivity index (χ4n) is 3.92. The molecule has 0 bridgehead atoms. The summed E-state index contributed by atoms with van der Waals surface area (Å²) < 4.78 is 12.5. The summed E-state index contributed by atoms with van der Waals surface area (Å²) in [6, 6.07) is 7.90. The summed E-state index contributed by atoms with van der Waals surface area (Å²) >= 11 is 0. The Morgan fingerprint density at radius 1 is 1.34 bits per heavy atom. The number of carbonyl (C=O) groups excluding carboxylic acids is 1. The monoisotopic (exact) mass is 403 g/mol. The summed E-state index contributed by atoms with van der Waals surface area (Å²) in [5, 5.41) is 20.2. The van der Waals surface area contributed by atoms with Crippen LogP contribution in [-0.4, -0.2) is 68.6 Å². The summed E-state index contributed by atoms with van der Waals surface area (Å²) in [6.07, 6.45) is -0.858. The molecule has 0 aliphatic carbocycles. The summed E-state index contributed by atoms with van der Waals surface area (Å²) in [7, 11) is 0. The molecule has 4 atom stereocenters. The van der Waals surface area contributed by atoms with Crippen molar-refractivity contribution in [2.45, 2.75) is 30.9 Å². The van der Waals surface area contributed by atoms with E-state index in [2.05, 4.69) is 4.98 Å². The number of aromatic nitrogens is 2. The molecule has 2 saturated heterocycles. The molecule has 154 valence electrons. The molecule has 2 aromatic rings. The van der Waals surface area contributed by atoms with Gasteiger partial charge >= 0.3 is 5.69 Å². The summed E-state index contributed by atoms with van der Waals surface area (Å²) in [4.78, 5) is 40.4. The zero-order valence-electron chi connectivity index (χ0n) is 15.6. The molecule has 2 fully saturated rings. The highest BCUT2D eigenvalue weighted by Crippen LogP contribution is 2.46. The minimum Gasteiger partial charge on any atom is -0.484 e. The zero-order chi connectivity index (χ0) is 20.8. The smallest absolute Gasteiger partial charge is 0.330 e. The van der Waals surface area contributed by atoms with Crippen molar-refractivity contribution in [1.82, 2.24) is 14.5 Å². The molecule has 1 aromatic carbocycles. The molecule has 0 saturated carbocycles. The lowest BCUT2D eigenvalue weighted by Gasteiger charge is -2.53. The van der Waals surface area contributed by atoms with E-state index in [-0.39, 0.29) is 18.7 Å². The molecule has 10 nitrogen and oxygen atoms in total. The van der Waals surface area contributed by atoms with Crippen molar-refractivity contribution >= 4 is 5.91 Å². The van der Waals surface area contributed by atoms with Crippen LogP contribution in [0, 0.1) is 6.92 Å². The van der Waals surface area contributed by atoms with Gasteiger partial charge in [0, 0.05) is 11.8 Å². The van der Waals surface area contributed by atoms with Crippen LogP contribution in [0.25, 0.3) is 0 Å². The molecule has 4 rings (SSSR count). The summed E-state index contributed by atoms with van der Waals surface area (Å²) in [6.45, 7) is 0.754. The summed E-state index contributed by atoms with van der Waals surface area (Å²) in [5.41, 5.74) is -2.34. The molecule has 0 spiro atoms. The van der Waals surface area contributed by atoms with Crippen LogP contribution < -0.4 is 16.0 Å². The quantitative estimate of drug-likeness (QED) is 0.555. The second-order valence-electron chi connectivity index (χ2n) is 7.18. The molecule has 1 amide bonds. The number of para-hydroxylation sites is 1. The predicted octanol–water partition coefficient (Wildman–Crippen LogP) is -1.46. The van der Waals surface area contributed by atoms with E-state index in [0.717, 1.165) is 0 Å². The summed E-state index contributed by atoms with van der Waals surface area (Å²) in [5.74, 6) is 0.126. The van der Waals surface area contributed by atoms with Crippen LogP contribution in [0.4, 0.5) is 0 Å². The minimum absolute atomic E-state index is 0.0341. The average molecular weight is 403 g/mol. The molecule has 0 radical (unpaired) electrons. The number of amides is 1. The minimum atomic E-state index is -1.37. The lowest BCUT2D eigenvalue weighted by atomic mass is 9.88. The third-order valence-corrected chi connectivity index (χ3v) is 5.39. The lowest BCUT2D eigenvalue weighted by Crippen LogP contribution is -2.74. The average Bonchev–Trinajstić information content (AvgIpc) is 2.90. The third kappa shape index (κ3) is 3.05. The number of ether oxygens (including phenoxy) is 2. The Kier molecular flexibility index (Phi) is 4.77. The van der Waals surface area contributed by atoms with Crippen LogP contribution in [0.5, 0.6) is 5.75 Å². The van der Waals surface area contributed by atoms with Gasteiger partial charge in [0.05, 0.1) is 13.2 Å². The number of aromatic amines is 1. The van der Waals surface area contributed by atoms with Crippen LogP contribution in [0.3, 0.4) is 0 Å². The molecule has 1 aromatic heterocycles. The van der Waals surface area contributed by atoms with E-state index in [0.29, 0.717) is 5.75 Å². The van der Waals surface area contributed by atoms with E-state index < -0.39 is 47.7 Å². The van der Waals surface area contributed by atoms with Gasteiger partial charge in [0.2, 0.25) is 0 Å². The number of aryl methyl sites for hydroxylation is 1. The van der Waals surface area contributed by atoms with Crippen molar-refractivity contribution in [1.29, 1.82) is 0 Å². The number of hydrogen-bond acceptors (Lipinski definition) is 7. The number of likely N-dealkylation sites (tertiary alicyclic amines) is 1. The van der Waals surface area contributed by atoms with E-state index >= 15 is 0 Å². The van der Waals surface area contributed by atoms with Gasteiger partial charge in [-0.05, 0) is 19.1 Å². The fourth-order valence-corrected chi connectivity index (χ4v) is 3.92. The van der Waals surface area contributed by atoms with Gasteiger partial charge in [-0.25, -0.2) is 4.79 Å². The number of benzene rings is 1. The van der Waals surface area contributed by atoms with Crippen LogP contribution in [-0.2, 0) is 15.3 Å². The molecule has 3 N–H and O–H groups in total. The Labute approximate surface area is 164 Å². The predicted molar refractivity (Wildman–Crippen MR) is 99.4 cm³/mol. The van der Waals surface area contributed by atoms with Gasteiger partial charge < -0.3 is 24.6 Å². The first kappa shape index (κ1) is 19.4. The van der Waals surface area contributed by atoms with Crippen molar-refractivity contribution in [3.05, 3.63) is 62.9 Å². The van der Waals surface area contributed by atoms with E-state index in [9.17, 15) is 24.6 Å². The highest BCUT2D eigenvalue weighted by atomic mass is 16.6. The SMILES string of the molecule is Cc1cn([C@@]23CN(C(=O)COc4ccccc4)[C@@H]2[C@H](O)[C@@H](CO)O3)c(=O)[nH]c1=O. The lowest BCUT2D eigenvalue weighted by molar-refractivity contribution is -0.214. The second kappa shape index (κ2) is 7.14. The van der Waals surface area contributed by atoms with Gasteiger partial charge in [-0.3, -0.25) is 19.1 Å². The molecular weight excluding hydrogens is 382 g/mol. The van der Waals surface area contributed by atoms with Crippen molar-refractivity contribution in [2.24, 2.45) is 0 Å². The van der Waals surface area contributed by atoms with Gasteiger partial charge in [0.1, 0.15) is 24.0 Å². The highest BCUT2D eigenvalue weighted by molar-refractivity contribution is 5.79. The number of rotatable bonds is 5. The van der Waals surface area contributed by atoms with Crippen molar-refractivity contribution < 1.29 is 24.5 Å².